The molecule has 100 valence electrons. The highest BCUT2D eigenvalue weighted by molar-refractivity contribution is 5.40. The Balaban J connectivity index is 1.96. The van der Waals surface area contributed by atoms with Crippen LogP contribution >= 0.6 is 0 Å². The molecular formula is C12H17N7. The van der Waals surface area contributed by atoms with Crippen molar-refractivity contribution < 1.29 is 0 Å². The maximum atomic E-state index is 5.80. The summed E-state index contributed by atoms with van der Waals surface area (Å²) in [6.45, 7) is 3.09. The molecule has 0 atom stereocenters. The lowest BCUT2D eigenvalue weighted by atomic mass is 10.4. The molecule has 2 aromatic rings. The van der Waals surface area contributed by atoms with E-state index in [1.165, 1.54) is 12.8 Å². The molecule has 0 aromatic carbocycles. The number of nitrogen functional groups attached to an aromatic ring is 1. The van der Waals surface area contributed by atoms with Gasteiger partial charge in [0.1, 0.15) is 6.33 Å². The van der Waals surface area contributed by atoms with Crippen LogP contribution in [0.25, 0.3) is 5.95 Å². The first-order valence-corrected chi connectivity index (χ1v) is 6.54. The Morgan fingerprint density at radius 2 is 2.21 bits per heavy atom. The lowest BCUT2D eigenvalue weighted by Crippen LogP contribution is -2.29. The number of nitrogens with zero attached hydrogens (tertiary/aromatic N) is 6. The van der Waals surface area contributed by atoms with Crippen LogP contribution in [0.4, 0.5) is 11.9 Å². The number of hydrogen-bond acceptors (Lipinski definition) is 6. The fourth-order valence-electron chi connectivity index (χ4n) is 2.06. The predicted molar refractivity (Wildman–Crippen MR) is 72.0 cm³/mol. The Kier molecular flexibility index (Phi) is 3.02. The van der Waals surface area contributed by atoms with E-state index in [4.69, 9.17) is 5.73 Å². The molecule has 0 radical (unpaired) electrons. The SMILES string of the molecule is CCCN(c1nc(N)nc(-n2ccnc2)n1)C1CC1. The van der Waals surface area contributed by atoms with Crippen molar-refractivity contribution in [2.75, 3.05) is 17.2 Å². The molecule has 1 aliphatic carbocycles. The molecule has 3 rings (SSSR count). The molecule has 1 aliphatic rings. The largest absolute Gasteiger partial charge is 0.368 e. The monoisotopic (exact) mass is 259 g/mol. The van der Waals surface area contributed by atoms with Gasteiger partial charge in [0.2, 0.25) is 17.8 Å². The van der Waals surface area contributed by atoms with E-state index < -0.39 is 0 Å². The van der Waals surface area contributed by atoms with Crippen LogP contribution in [0, 0.1) is 0 Å². The van der Waals surface area contributed by atoms with Gasteiger partial charge in [0.25, 0.3) is 0 Å². The number of aromatic nitrogens is 5. The molecule has 2 heterocycles. The van der Waals surface area contributed by atoms with Gasteiger partial charge in [-0.3, -0.25) is 4.57 Å². The second-order valence-electron chi connectivity index (χ2n) is 4.69. The van der Waals surface area contributed by atoms with E-state index in [9.17, 15) is 0 Å². The lowest BCUT2D eigenvalue weighted by molar-refractivity contribution is 0.726. The van der Waals surface area contributed by atoms with E-state index in [0.29, 0.717) is 17.9 Å². The van der Waals surface area contributed by atoms with Crippen LogP contribution in [-0.2, 0) is 0 Å². The molecule has 0 amide bonds. The van der Waals surface area contributed by atoms with Crippen LogP contribution < -0.4 is 10.6 Å². The minimum absolute atomic E-state index is 0.246. The van der Waals surface area contributed by atoms with E-state index in [0.717, 1.165) is 13.0 Å². The van der Waals surface area contributed by atoms with Crippen LogP contribution in [0.3, 0.4) is 0 Å². The number of imidazole rings is 1. The normalized spacial score (nSPS) is 14.6. The first-order valence-electron chi connectivity index (χ1n) is 6.54. The third kappa shape index (κ3) is 2.49. The Bertz CT molecular complexity index is 547. The van der Waals surface area contributed by atoms with Gasteiger partial charge in [-0.05, 0) is 19.3 Å². The summed E-state index contributed by atoms with van der Waals surface area (Å²) in [4.78, 5) is 19.1. The van der Waals surface area contributed by atoms with E-state index >= 15 is 0 Å². The molecule has 19 heavy (non-hydrogen) atoms. The maximum Gasteiger partial charge on any atom is 0.241 e. The average Bonchev–Trinajstić information content (AvgIpc) is 3.08. The molecule has 0 spiro atoms. The summed E-state index contributed by atoms with van der Waals surface area (Å²) in [6.07, 6.45) is 8.59. The van der Waals surface area contributed by atoms with Gasteiger partial charge in [-0.2, -0.15) is 15.0 Å². The third-order valence-electron chi connectivity index (χ3n) is 3.07. The van der Waals surface area contributed by atoms with Crippen LogP contribution in [0.5, 0.6) is 0 Å². The van der Waals surface area contributed by atoms with E-state index in [-0.39, 0.29) is 5.95 Å². The second-order valence-corrected chi connectivity index (χ2v) is 4.69. The Labute approximate surface area is 111 Å². The Morgan fingerprint density at radius 1 is 1.37 bits per heavy atom. The maximum absolute atomic E-state index is 5.80. The summed E-state index contributed by atoms with van der Waals surface area (Å²) >= 11 is 0. The van der Waals surface area contributed by atoms with Gasteiger partial charge in [-0.1, -0.05) is 6.92 Å². The molecule has 0 unspecified atom stereocenters. The lowest BCUT2D eigenvalue weighted by Gasteiger charge is -2.21. The summed E-state index contributed by atoms with van der Waals surface area (Å²) in [6, 6.07) is 0.553. The Morgan fingerprint density at radius 3 is 2.84 bits per heavy atom. The van der Waals surface area contributed by atoms with Gasteiger partial charge in [0, 0.05) is 25.0 Å². The molecule has 2 N–H and O–H groups in total. The van der Waals surface area contributed by atoms with Gasteiger partial charge in [0.05, 0.1) is 0 Å². The van der Waals surface area contributed by atoms with Crippen LogP contribution in [0.15, 0.2) is 18.7 Å². The highest BCUT2D eigenvalue weighted by Crippen LogP contribution is 2.30. The first kappa shape index (κ1) is 11.9. The summed E-state index contributed by atoms with van der Waals surface area (Å²) in [7, 11) is 0. The van der Waals surface area contributed by atoms with Gasteiger partial charge in [-0.15, -0.1) is 0 Å². The summed E-state index contributed by atoms with van der Waals surface area (Å²) in [5.41, 5.74) is 5.80. The van der Waals surface area contributed by atoms with Gasteiger partial charge in [0.15, 0.2) is 0 Å². The van der Waals surface area contributed by atoms with Crippen molar-refractivity contribution in [3.05, 3.63) is 18.7 Å². The van der Waals surface area contributed by atoms with Crippen LogP contribution in [-0.4, -0.2) is 37.1 Å². The number of nitrogens with two attached hydrogens (primary N) is 1. The van der Waals surface area contributed by atoms with Crippen molar-refractivity contribution in [3.63, 3.8) is 0 Å². The zero-order valence-corrected chi connectivity index (χ0v) is 10.9. The van der Waals surface area contributed by atoms with Crippen LogP contribution in [0.2, 0.25) is 0 Å². The highest BCUT2D eigenvalue weighted by Gasteiger charge is 2.30. The predicted octanol–water partition coefficient (Wildman–Crippen LogP) is 1.02. The third-order valence-corrected chi connectivity index (χ3v) is 3.07. The van der Waals surface area contributed by atoms with Crippen molar-refractivity contribution in [1.29, 1.82) is 0 Å². The highest BCUT2D eigenvalue weighted by atomic mass is 15.3. The van der Waals surface area contributed by atoms with Gasteiger partial charge < -0.3 is 10.6 Å². The number of rotatable bonds is 5. The van der Waals surface area contributed by atoms with E-state index in [1.54, 1.807) is 23.3 Å². The summed E-state index contributed by atoms with van der Waals surface area (Å²) in [5.74, 6) is 1.43. The fraction of sp³-hybridized carbons (Fsp3) is 0.500. The number of anilines is 2. The molecule has 1 fully saturated rings. The fourth-order valence-corrected chi connectivity index (χ4v) is 2.06. The quantitative estimate of drug-likeness (QED) is 0.862. The molecule has 7 nitrogen and oxygen atoms in total. The number of hydrogen-bond donors (Lipinski definition) is 1. The zero-order valence-electron chi connectivity index (χ0n) is 10.9. The van der Waals surface area contributed by atoms with Gasteiger partial charge >= 0.3 is 0 Å². The molecule has 0 aliphatic heterocycles. The standard InChI is InChI=1S/C12H17N7/c1-2-6-19(9-3-4-9)12-16-10(13)15-11(17-12)18-7-5-14-8-18/h5,7-9H,2-4,6H2,1H3,(H2,13,15,16,17). The molecule has 0 bridgehead atoms. The molecule has 0 saturated heterocycles. The molecule has 1 saturated carbocycles. The molecular weight excluding hydrogens is 242 g/mol. The topological polar surface area (TPSA) is 85.8 Å². The minimum Gasteiger partial charge on any atom is -0.368 e. The summed E-state index contributed by atoms with van der Waals surface area (Å²) in [5, 5.41) is 0. The van der Waals surface area contributed by atoms with Crippen molar-refractivity contribution in [3.8, 4) is 5.95 Å². The summed E-state index contributed by atoms with van der Waals surface area (Å²) < 4.78 is 1.73. The average molecular weight is 259 g/mol. The van der Waals surface area contributed by atoms with Crippen molar-refractivity contribution >= 4 is 11.9 Å². The zero-order chi connectivity index (χ0) is 13.2. The minimum atomic E-state index is 0.246. The smallest absolute Gasteiger partial charge is 0.241 e. The van der Waals surface area contributed by atoms with Gasteiger partial charge in [-0.25, -0.2) is 4.98 Å². The second kappa shape index (κ2) is 4.83. The van der Waals surface area contributed by atoms with Crippen molar-refractivity contribution in [2.24, 2.45) is 0 Å². The first-order chi connectivity index (χ1) is 9.28. The van der Waals surface area contributed by atoms with E-state index in [2.05, 4.69) is 31.8 Å². The van der Waals surface area contributed by atoms with E-state index in [1.807, 2.05) is 0 Å². The van der Waals surface area contributed by atoms with Crippen molar-refractivity contribution in [2.45, 2.75) is 32.2 Å². The van der Waals surface area contributed by atoms with Crippen LogP contribution in [0.1, 0.15) is 26.2 Å². The Hall–Kier alpha value is -2.18. The molecule has 2 aromatic heterocycles. The molecule has 7 heteroatoms. The van der Waals surface area contributed by atoms with Crippen molar-refractivity contribution in [1.82, 2.24) is 24.5 Å².